The lowest BCUT2D eigenvalue weighted by molar-refractivity contribution is 1.19. The van der Waals surface area contributed by atoms with Crippen molar-refractivity contribution in [2.75, 3.05) is 11.9 Å². The number of fused-ring (bicyclic) bond motifs is 1. The van der Waals surface area contributed by atoms with E-state index in [2.05, 4.69) is 43.4 Å². The Morgan fingerprint density at radius 1 is 1.14 bits per heavy atom. The normalized spacial score (nSPS) is 13.0. The lowest BCUT2D eigenvalue weighted by Gasteiger charge is -2.16. The van der Waals surface area contributed by atoms with Crippen LogP contribution in [0.1, 0.15) is 31.9 Å². The van der Waals surface area contributed by atoms with Crippen LogP contribution < -0.4 is 5.32 Å². The minimum Gasteiger partial charge on any atom is -0.381 e. The molecule has 0 amide bonds. The maximum absolute atomic E-state index is 3.37. The van der Waals surface area contributed by atoms with Gasteiger partial charge in [-0.15, -0.1) is 0 Å². The summed E-state index contributed by atoms with van der Waals surface area (Å²) < 4.78 is 0. The van der Waals surface area contributed by atoms with E-state index >= 15 is 0 Å². The van der Waals surface area contributed by atoms with Crippen molar-refractivity contribution in [1.82, 2.24) is 0 Å². The fourth-order valence-electron chi connectivity index (χ4n) is 1.51. The van der Waals surface area contributed by atoms with Crippen LogP contribution in [0.3, 0.4) is 0 Å². The van der Waals surface area contributed by atoms with Crippen LogP contribution >= 0.6 is 0 Å². The summed E-state index contributed by atoms with van der Waals surface area (Å²) in [5.74, 6) is 0. The molecule has 0 aromatic heterocycles. The third kappa shape index (κ3) is 2.38. The monoisotopic (exact) mass is 189 g/mol. The third-order valence-corrected chi connectivity index (χ3v) is 2.17. The summed E-state index contributed by atoms with van der Waals surface area (Å²) in [6, 6.07) is 6.50. The molecule has 0 bridgehead atoms. The highest BCUT2D eigenvalue weighted by atomic mass is 14.9. The number of nitrogens with one attached hydrogen (secondary N) is 1. The van der Waals surface area contributed by atoms with E-state index in [0.29, 0.717) is 0 Å². The van der Waals surface area contributed by atoms with Crippen molar-refractivity contribution in [3.05, 3.63) is 34.9 Å². The highest BCUT2D eigenvalue weighted by Gasteiger charge is 2.05. The molecular weight excluding hydrogens is 170 g/mol. The molecule has 1 heterocycles. The zero-order valence-corrected chi connectivity index (χ0v) is 9.52. The number of hydrogen-bond acceptors (Lipinski definition) is 1. The first-order chi connectivity index (χ1) is 6.75. The van der Waals surface area contributed by atoms with Crippen molar-refractivity contribution < 1.29 is 0 Å². The molecule has 0 radical (unpaired) electrons. The van der Waals surface area contributed by atoms with Gasteiger partial charge >= 0.3 is 0 Å². The summed E-state index contributed by atoms with van der Waals surface area (Å²) in [5.41, 5.74) is 5.29. The van der Waals surface area contributed by atoms with Crippen molar-refractivity contribution in [3.63, 3.8) is 0 Å². The standard InChI is InChI=1S/C11H13N.C2H6/c1-8-3-4-11-10(5-8)6-9(2)7-12-11;1-2/h3-6,12H,7H2,1-2H3;1-2H3. The van der Waals surface area contributed by atoms with Crippen molar-refractivity contribution in [2.45, 2.75) is 27.7 Å². The molecule has 1 N–H and O–H groups in total. The molecule has 0 saturated carbocycles. The minimum absolute atomic E-state index is 0.982. The van der Waals surface area contributed by atoms with Crippen LogP contribution in [-0.4, -0.2) is 6.54 Å². The summed E-state index contributed by atoms with van der Waals surface area (Å²) in [4.78, 5) is 0. The summed E-state index contributed by atoms with van der Waals surface area (Å²) in [7, 11) is 0. The zero-order valence-electron chi connectivity index (χ0n) is 9.52. The summed E-state index contributed by atoms with van der Waals surface area (Å²) in [6.45, 7) is 9.26. The lowest BCUT2D eigenvalue weighted by Crippen LogP contribution is -2.08. The summed E-state index contributed by atoms with van der Waals surface area (Å²) >= 11 is 0. The average molecular weight is 189 g/mol. The van der Waals surface area contributed by atoms with Gasteiger partial charge in [0.1, 0.15) is 0 Å². The Balaban J connectivity index is 0.000000461. The van der Waals surface area contributed by atoms with Crippen LogP contribution in [0, 0.1) is 6.92 Å². The zero-order chi connectivity index (χ0) is 10.6. The van der Waals surface area contributed by atoms with Gasteiger partial charge in [-0.1, -0.05) is 37.1 Å². The molecule has 1 nitrogen and oxygen atoms in total. The van der Waals surface area contributed by atoms with Gasteiger partial charge in [0.25, 0.3) is 0 Å². The van der Waals surface area contributed by atoms with E-state index in [1.54, 1.807) is 0 Å². The first-order valence-electron chi connectivity index (χ1n) is 5.27. The van der Waals surface area contributed by atoms with Crippen LogP contribution in [0.15, 0.2) is 23.8 Å². The topological polar surface area (TPSA) is 12.0 Å². The molecule has 0 unspecified atom stereocenters. The SMILES string of the molecule is CC.CC1=Cc2cc(C)ccc2NC1. The van der Waals surface area contributed by atoms with Crippen molar-refractivity contribution in [2.24, 2.45) is 0 Å². The largest absolute Gasteiger partial charge is 0.381 e. The van der Waals surface area contributed by atoms with Gasteiger partial charge in [0.2, 0.25) is 0 Å². The number of rotatable bonds is 0. The minimum atomic E-state index is 0.982. The van der Waals surface area contributed by atoms with Gasteiger partial charge in [0.15, 0.2) is 0 Å². The molecule has 2 rings (SSSR count). The maximum Gasteiger partial charge on any atom is 0.0416 e. The van der Waals surface area contributed by atoms with E-state index < -0.39 is 0 Å². The van der Waals surface area contributed by atoms with Gasteiger partial charge in [-0.05, 0) is 31.5 Å². The van der Waals surface area contributed by atoms with Gasteiger partial charge in [0, 0.05) is 12.2 Å². The van der Waals surface area contributed by atoms with Gasteiger partial charge in [-0.3, -0.25) is 0 Å². The van der Waals surface area contributed by atoms with Crippen LogP contribution in [0.25, 0.3) is 6.08 Å². The first kappa shape index (κ1) is 10.8. The molecule has 0 saturated heterocycles. The Labute approximate surface area is 86.8 Å². The Morgan fingerprint density at radius 3 is 2.57 bits per heavy atom. The fourth-order valence-corrected chi connectivity index (χ4v) is 1.51. The van der Waals surface area contributed by atoms with E-state index in [1.807, 2.05) is 13.8 Å². The molecular formula is C13H19N. The fraction of sp³-hybridized carbons (Fsp3) is 0.385. The van der Waals surface area contributed by atoms with Crippen LogP contribution in [0.4, 0.5) is 5.69 Å². The Hall–Kier alpha value is -1.24. The highest BCUT2D eigenvalue weighted by Crippen LogP contribution is 2.23. The first-order valence-corrected chi connectivity index (χ1v) is 5.27. The number of hydrogen-bond donors (Lipinski definition) is 1. The Bertz CT molecular complexity index is 337. The van der Waals surface area contributed by atoms with E-state index in [0.717, 1.165) is 6.54 Å². The van der Waals surface area contributed by atoms with Crippen LogP contribution in [0.5, 0.6) is 0 Å². The van der Waals surface area contributed by atoms with E-state index in [4.69, 9.17) is 0 Å². The summed E-state index contributed by atoms with van der Waals surface area (Å²) in [5, 5.41) is 3.37. The van der Waals surface area contributed by atoms with Gasteiger partial charge in [-0.2, -0.15) is 0 Å². The van der Waals surface area contributed by atoms with E-state index in [-0.39, 0.29) is 0 Å². The predicted octanol–water partition coefficient (Wildman–Crippen LogP) is 3.85. The quantitative estimate of drug-likeness (QED) is 0.653. The molecule has 0 aliphatic carbocycles. The highest BCUT2D eigenvalue weighted by molar-refractivity contribution is 5.72. The number of anilines is 1. The molecule has 1 aliphatic rings. The van der Waals surface area contributed by atoms with Crippen LogP contribution in [-0.2, 0) is 0 Å². The average Bonchev–Trinajstić information content (AvgIpc) is 2.20. The van der Waals surface area contributed by atoms with Gasteiger partial charge in [0.05, 0.1) is 0 Å². The molecule has 1 aromatic rings. The lowest BCUT2D eigenvalue weighted by atomic mass is 10.0. The smallest absolute Gasteiger partial charge is 0.0416 e. The van der Waals surface area contributed by atoms with Crippen molar-refractivity contribution in [3.8, 4) is 0 Å². The number of benzene rings is 1. The molecule has 0 atom stereocenters. The molecule has 1 aromatic carbocycles. The van der Waals surface area contributed by atoms with Gasteiger partial charge < -0.3 is 5.32 Å². The van der Waals surface area contributed by atoms with Gasteiger partial charge in [-0.25, -0.2) is 0 Å². The molecule has 1 heteroatoms. The summed E-state index contributed by atoms with van der Waals surface area (Å²) in [6.07, 6.45) is 2.25. The molecule has 1 aliphatic heterocycles. The molecule has 0 fully saturated rings. The maximum atomic E-state index is 3.37. The number of aryl methyl sites for hydroxylation is 1. The van der Waals surface area contributed by atoms with E-state index in [1.165, 1.54) is 22.4 Å². The second kappa shape index (κ2) is 4.85. The van der Waals surface area contributed by atoms with Crippen molar-refractivity contribution in [1.29, 1.82) is 0 Å². The molecule has 14 heavy (non-hydrogen) atoms. The second-order valence-electron chi connectivity index (χ2n) is 3.43. The molecule has 76 valence electrons. The third-order valence-electron chi connectivity index (χ3n) is 2.17. The van der Waals surface area contributed by atoms with E-state index in [9.17, 15) is 0 Å². The second-order valence-corrected chi connectivity index (χ2v) is 3.43. The Kier molecular flexibility index (Phi) is 3.75. The molecule has 0 spiro atoms. The predicted molar refractivity (Wildman–Crippen MR) is 64.7 cm³/mol. The van der Waals surface area contributed by atoms with Crippen LogP contribution in [0.2, 0.25) is 0 Å². The Morgan fingerprint density at radius 2 is 1.86 bits per heavy atom. The van der Waals surface area contributed by atoms with Crippen molar-refractivity contribution >= 4 is 11.8 Å².